The minimum Gasteiger partial charge on any atom is -0.466 e. The van der Waals surface area contributed by atoms with Crippen molar-refractivity contribution < 1.29 is 9.53 Å². The number of carbonyl (C=O) groups is 1. The van der Waals surface area contributed by atoms with Crippen molar-refractivity contribution in [3.63, 3.8) is 0 Å². The first-order chi connectivity index (χ1) is 8.69. The van der Waals surface area contributed by atoms with Gasteiger partial charge in [-0.15, -0.1) is 0 Å². The van der Waals surface area contributed by atoms with Crippen molar-refractivity contribution in [1.29, 1.82) is 0 Å². The molecule has 0 bridgehead atoms. The van der Waals surface area contributed by atoms with Crippen LogP contribution in [0.25, 0.3) is 17.3 Å². The number of esters is 1. The van der Waals surface area contributed by atoms with E-state index in [9.17, 15) is 4.79 Å². The lowest BCUT2D eigenvalue weighted by Crippen LogP contribution is -2.10. The number of carbonyl (C=O) groups excluding carboxylic acids is 1. The van der Waals surface area contributed by atoms with Crippen LogP contribution in [-0.2, 0) is 23.1 Å². The predicted molar refractivity (Wildman–Crippen MR) is 66.6 cm³/mol. The highest BCUT2D eigenvalue weighted by atomic mass is 16.5. The maximum Gasteiger partial charge on any atom is 0.335 e. The third kappa shape index (κ3) is 1.55. The maximum atomic E-state index is 11.7. The Morgan fingerprint density at radius 1 is 1.50 bits per heavy atom. The summed E-state index contributed by atoms with van der Waals surface area (Å²) in [5.41, 5.74) is 3.50. The number of hydrogen-bond donors (Lipinski definition) is 0. The van der Waals surface area contributed by atoms with Crippen LogP contribution in [-0.4, -0.2) is 27.4 Å². The van der Waals surface area contributed by atoms with E-state index >= 15 is 0 Å². The molecule has 0 spiro atoms. The zero-order chi connectivity index (χ0) is 12.7. The van der Waals surface area contributed by atoms with Crippen molar-refractivity contribution in [1.82, 2.24) is 14.3 Å². The smallest absolute Gasteiger partial charge is 0.335 e. The topological polar surface area (TPSA) is 49.0 Å². The number of hydrogen-bond acceptors (Lipinski definition) is 3. The SMILES string of the molecule is COC(=O)C1=Cc2nn(C)cc2-c2cccn2C1. The Kier molecular flexibility index (Phi) is 2.33. The van der Waals surface area contributed by atoms with Crippen molar-refractivity contribution in [3.05, 3.63) is 35.8 Å². The van der Waals surface area contributed by atoms with Crippen molar-refractivity contribution >= 4 is 12.0 Å². The molecule has 0 fully saturated rings. The summed E-state index contributed by atoms with van der Waals surface area (Å²) < 4.78 is 8.58. The average molecular weight is 243 g/mol. The summed E-state index contributed by atoms with van der Waals surface area (Å²) in [6.45, 7) is 0.509. The molecular weight excluding hydrogens is 230 g/mol. The molecular formula is C13H13N3O2. The zero-order valence-corrected chi connectivity index (χ0v) is 10.3. The van der Waals surface area contributed by atoms with E-state index in [4.69, 9.17) is 4.74 Å². The quantitative estimate of drug-likeness (QED) is 0.712. The van der Waals surface area contributed by atoms with Gasteiger partial charge in [-0.3, -0.25) is 4.68 Å². The van der Waals surface area contributed by atoms with Crippen LogP contribution >= 0.6 is 0 Å². The normalized spacial score (nSPS) is 13.3. The molecule has 0 saturated heterocycles. The van der Waals surface area contributed by atoms with Crippen LogP contribution in [0.5, 0.6) is 0 Å². The highest BCUT2D eigenvalue weighted by Crippen LogP contribution is 2.29. The lowest BCUT2D eigenvalue weighted by atomic mass is 10.1. The summed E-state index contributed by atoms with van der Waals surface area (Å²) in [5, 5.41) is 4.38. The average Bonchev–Trinajstić information content (AvgIpc) is 2.91. The van der Waals surface area contributed by atoms with E-state index in [-0.39, 0.29) is 5.97 Å². The van der Waals surface area contributed by atoms with Crippen molar-refractivity contribution in [3.8, 4) is 11.3 Å². The van der Waals surface area contributed by atoms with Gasteiger partial charge in [0, 0.05) is 25.0 Å². The molecule has 0 saturated carbocycles. The van der Waals surface area contributed by atoms with Crippen molar-refractivity contribution in [2.45, 2.75) is 6.54 Å². The number of fused-ring (bicyclic) bond motifs is 3. The summed E-state index contributed by atoms with van der Waals surface area (Å²) >= 11 is 0. The van der Waals surface area contributed by atoms with Gasteiger partial charge in [0.2, 0.25) is 0 Å². The van der Waals surface area contributed by atoms with Gasteiger partial charge in [-0.25, -0.2) is 4.79 Å². The summed E-state index contributed by atoms with van der Waals surface area (Å²) in [6.07, 6.45) is 5.71. The molecule has 0 amide bonds. The molecule has 0 atom stereocenters. The Morgan fingerprint density at radius 2 is 2.33 bits per heavy atom. The molecule has 5 nitrogen and oxygen atoms in total. The summed E-state index contributed by atoms with van der Waals surface area (Å²) in [6, 6.07) is 3.99. The third-order valence-electron chi connectivity index (χ3n) is 3.06. The van der Waals surface area contributed by atoms with Gasteiger partial charge in [-0.2, -0.15) is 5.10 Å². The van der Waals surface area contributed by atoms with E-state index < -0.39 is 0 Å². The maximum absolute atomic E-state index is 11.7. The van der Waals surface area contributed by atoms with E-state index in [0.29, 0.717) is 12.1 Å². The number of methoxy groups -OCH3 is 1. The second-order valence-electron chi connectivity index (χ2n) is 4.28. The van der Waals surface area contributed by atoms with Crippen LogP contribution in [0.3, 0.4) is 0 Å². The lowest BCUT2D eigenvalue weighted by Gasteiger charge is -2.07. The minimum atomic E-state index is -0.312. The van der Waals surface area contributed by atoms with Gasteiger partial charge in [-0.1, -0.05) is 0 Å². The van der Waals surface area contributed by atoms with Gasteiger partial charge in [0.25, 0.3) is 0 Å². The highest BCUT2D eigenvalue weighted by Gasteiger charge is 2.20. The Bertz CT molecular complexity index is 649. The molecule has 0 N–H and O–H groups in total. The van der Waals surface area contributed by atoms with E-state index in [1.165, 1.54) is 7.11 Å². The first-order valence-corrected chi connectivity index (χ1v) is 5.67. The van der Waals surface area contributed by atoms with Crippen LogP contribution in [0.4, 0.5) is 0 Å². The molecule has 3 heterocycles. The molecule has 0 aromatic carbocycles. The Balaban J connectivity index is 2.21. The molecule has 3 rings (SSSR count). The summed E-state index contributed by atoms with van der Waals surface area (Å²) in [7, 11) is 3.26. The summed E-state index contributed by atoms with van der Waals surface area (Å²) in [5.74, 6) is -0.312. The van der Waals surface area contributed by atoms with E-state index in [2.05, 4.69) is 5.10 Å². The van der Waals surface area contributed by atoms with E-state index in [1.807, 2.05) is 36.1 Å². The molecule has 1 aliphatic heterocycles. The van der Waals surface area contributed by atoms with Crippen LogP contribution in [0.15, 0.2) is 30.1 Å². The van der Waals surface area contributed by atoms with Crippen LogP contribution < -0.4 is 0 Å². The van der Waals surface area contributed by atoms with Gasteiger partial charge >= 0.3 is 5.97 Å². The van der Waals surface area contributed by atoms with E-state index in [0.717, 1.165) is 17.0 Å². The molecule has 5 heteroatoms. The van der Waals surface area contributed by atoms with Gasteiger partial charge in [0.1, 0.15) is 0 Å². The number of aryl methyl sites for hydroxylation is 1. The standard InChI is InChI=1S/C13H13N3O2/c1-15-8-10-11(14-15)6-9(13(17)18-2)7-16-5-3-4-12(10)16/h3-6,8H,7H2,1-2H3. The molecule has 0 unspecified atom stereocenters. The largest absolute Gasteiger partial charge is 0.466 e. The lowest BCUT2D eigenvalue weighted by molar-refractivity contribution is -0.136. The third-order valence-corrected chi connectivity index (χ3v) is 3.06. The fraction of sp³-hybridized carbons (Fsp3) is 0.231. The molecule has 92 valence electrons. The fourth-order valence-electron chi connectivity index (χ4n) is 2.25. The molecule has 1 aliphatic rings. The van der Waals surface area contributed by atoms with Crippen molar-refractivity contribution in [2.75, 3.05) is 7.11 Å². The number of rotatable bonds is 1. The fourth-order valence-corrected chi connectivity index (χ4v) is 2.25. The molecule has 2 aromatic heterocycles. The first-order valence-electron chi connectivity index (χ1n) is 5.67. The number of aromatic nitrogens is 3. The molecule has 0 radical (unpaired) electrons. The second kappa shape index (κ2) is 3.87. The van der Waals surface area contributed by atoms with Gasteiger partial charge in [-0.05, 0) is 18.2 Å². The molecule has 18 heavy (non-hydrogen) atoms. The first kappa shape index (κ1) is 10.8. The highest BCUT2D eigenvalue weighted by molar-refractivity contribution is 5.95. The minimum absolute atomic E-state index is 0.312. The van der Waals surface area contributed by atoms with Crippen molar-refractivity contribution in [2.24, 2.45) is 7.05 Å². The van der Waals surface area contributed by atoms with Gasteiger partial charge in [0.05, 0.1) is 30.6 Å². The monoisotopic (exact) mass is 243 g/mol. The van der Waals surface area contributed by atoms with Gasteiger partial charge < -0.3 is 9.30 Å². The van der Waals surface area contributed by atoms with Crippen LogP contribution in [0.1, 0.15) is 5.69 Å². The second-order valence-corrected chi connectivity index (χ2v) is 4.28. The number of nitrogens with zero attached hydrogens (tertiary/aromatic N) is 3. The molecule has 2 aromatic rings. The summed E-state index contributed by atoms with van der Waals surface area (Å²) in [4.78, 5) is 11.7. The van der Waals surface area contributed by atoms with Crippen LogP contribution in [0.2, 0.25) is 0 Å². The Morgan fingerprint density at radius 3 is 3.11 bits per heavy atom. The van der Waals surface area contributed by atoms with Gasteiger partial charge in [0.15, 0.2) is 0 Å². The predicted octanol–water partition coefficient (Wildman–Crippen LogP) is 1.46. The number of ether oxygens (including phenoxy) is 1. The Hall–Kier alpha value is -2.30. The zero-order valence-electron chi connectivity index (χ0n) is 10.3. The Labute approximate surface area is 104 Å². The van der Waals surface area contributed by atoms with Crippen LogP contribution in [0, 0.1) is 0 Å². The van der Waals surface area contributed by atoms with E-state index in [1.54, 1.807) is 10.8 Å². The molecule has 0 aliphatic carbocycles.